The zero-order valence-corrected chi connectivity index (χ0v) is 13.9. The lowest BCUT2D eigenvalue weighted by atomic mass is 10.2. The molecule has 0 aliphatic heterocycles. The molecule has 0 aliphatic carbocycles. The highest BCUT2D eigenvalue weighted by molar-refractivity contribution is 6.91. The molecule has 4 heteroatoms. The molecule has 0 bridgehead atoms. The van der Waals surface area contributed by atoms with Crippen molar-refractivity contribution in [3.63, 3.8) is 0 Å². The van der Waals surface area contributed by atoms with Gasteiger partial charge in [-0.1, -0.05) is 48.6 Å². The Morgan fingerprint density at radius 1 is 1.25 bits per heavy atom. The van der Waals surface area contributed by atoms with E-state index in [1.807, 2.05) is 19.1 Å². The Labute approximate surface area is 123 Å². The largest absolute Gasteiger partial charge is 0.502 e. The van der Waals surface area contributed by atoms with Gasteiger partial charge in [-0.2, -0.15) is 0 Å². The van der Waals surface area contributed by atoms with Crippen LogP contribution in [0, 0.1) is 0 Å². The average molecular weight is 294 g/mol. The quantitative estimate of drug-likeness (QED) is 0.591. The maximum atomic E-state index is 10.4. The molecule has 0 amide bonds. The fraction of sp³-hybridized carbons (Fsp3) is 0.500. The molecule has 112 valence electrons. The molecule has 1 aromatic rings. The minimum absolute atomic E-state index is 0.0522. The van der Waals surface area contributed by atoms with Crippen LogP contribution in [0.1, 0.15) is 6.92 Å². The van der Waals surface area contributed by atoms with Crippen LogP contribution < -0.4 is 5.19 Å². The van der Waals surface area contributed by atoms with Gasteiger partial charge in [0.1, 0.15) is 0 Å². The monoisotopic (exact) mass is 294 g/mol. The van der Waals surface area contributed by atoms with Crippen molar-refractivity contribution in [2.45, 2.75) is 31.7 Å². The van der Waals surface area contributed by atoms with Crippen LogP contribution >= 0.6 is 0 Å². The highest BCUT2D eigenvalue weighted by atomic mass is 28.3. The van der Waals surface area contributed by atoms with E-state index in [2.05, 4.69) is 37.4 Å². The first-order valence-corrected chi connectivity index (χ1v) is 10.1. The van der Waals surface area contributed by atoms with Gasteiger partial charge >= 0.3 is 0 Å². The van der Waals surface area contributed by atoms with E-state index in [1.54, 1.807) is 13.4 Å². The molecule has 0 fully saturated rings. The minimum Gasteiger partial charge on any atom is -0.502 e. The van der Waals surface area contributed by atoms with E-state index in [9.17, 15) is 5.11 Å². The van der Waals surface area contributed by atoms with Gasteiger partial charge in [0.15, 0.2) is 0 Å². The smallest absolute Gasteiger partial charge is 0.0904 e. The number of methoxy groups -OCH3 is 1. The summed E-state index contributed by atoms with van der Waals surface area (Å²) >= 11 is 0. The first-order chi connectivity index (χ1) is 9.54. The second-order valence-electron chi connectivity index (χ2n) is 5.42. The molecule has 0 heterocycles. The molecule has 1 N–H and O–H groups in total. The van der Waals surface area contributed by atoms with Crippen molar-refractivity contribution in [1.82, 2.24) is 0 Å². The van der Waals surface area contributed by atoms with Crippen molar-refractivity contribution < 1.29 is 14.6 Å². The fourth-order valence-electron chi connectivity index (χ4n) is 2.42. The van der Waals surface area contributed by atoms with Gasteiger partial charge in [-0.25, -0.2) is 0 Å². The van der Waals surface area contributed by atoms with Crippen LogP contribution in [0.25, 0.3) is 0 Å². The number of benzene rings is 1. The number of aliphatic hydroxyl groups excluding tert-OH is 1. The Balaban J connectivity index is 3.01. The Bertz CT molecular complexity index is 403. The molecular weight excluding hydrogens is 268 g/mol. The normalized spacial score (nSPS) is 15.2. The van der Waals surface area contributed by atoms with E-state index in [0.717, 1.165) is 0 Å². The van der Waals surface area contributed by atoms with Crippen LogP contribution in [0.15, 0.2) is 42.7 Å². The van der Waals surface area contributed by atoms with Crippen molar-refractivity contribution in [2.75, 3.05) is 20.3 Å². The number of ether oxygens (including phenoxy) is 2. The predicted molar refractivity (Wildman–Crippen MR) is 86.0 cm³/mol. The summed E-state index contributed by atoms with van der Waals surface area (Å²) in [6.45, 7) is 7.45. The van der Waals surface area contributed by atoms with Crippen molar-refractivity contribution in [1.29, 1.82) is 0 Å². The van der Waals surface area contributed by atoms with Gasteiger partial charge in [0.25, 0.3) is 0 Å². The Kier molecular flexibility index (Phi) is 6.99. The molecule has 2 atom stereocenters. The lowest BCUT2D eigenvalue weighted by Crippen LogP contribution is -2.50. The summed E-state index contributed by atoms with van der Waals surface area (Å²) in [5.74, 6) is 0. The topological polar surface area (TPSA) is 38.7 Å². The molecule has 0 unspecified atom stereocenters. The number of aliphatic hydroxyl groups is 1. The average Bonchev–Trinajstić information content (AvgIpc) is 2.44. The van der Waals surface area contributed by atoms with Gasteiger partial charge < -0.3 is 14.6 Å². The first kappa shape index (κ1) is 16.9. The fourth-order valence-corrected chi connectivity index (χ4v) is 5.48. The highest BCUT2D eigenvalue weighted by Gasteiger charge is 2.36. The number of hydrogen-bond donors (Lipinski definition) is 1. The standard InChI is InChI=1S/C16H26O3Si/c1-5-19-12-11-16(15(17)13-18-2)20(3,4)14-9-7-6-8-10-14/h6-12,15-17H,5,13H2,1-4H3/b12-11-/t15-,16-/m0/s1. The van der Waals surface area contributed by atoms with Gasteiger partial charge in [-0.3, -0.25) is 0 Å². The van der Waals surface area contributed by atoms with E-state index in [4.69, 9.17) is 9.47 Å². The summed E-state index contributed by atoms with van der Waals surface area (Å²) in [6.07, 6.45) is 3.19. The second kappa shape index (κ2) is 8.24. The van der Waals surface area contributed by atoms with Gasteiger partial charge in [0.2, 0.25) is 0 Å². The summed E-state index contributed by atoms with van der Waals surface area (Å²) in [4.78, 5) is 0. The summed E-state index contributed by atoms with van der Waals surface area (Å²) < 4.78 is 10.4. The molecule has 20 heavy (non-hydrogen) atoms. The lowest BCUT2D eigenvalue weighted by molar-refractivity contribution is 0.0652. The van der Waals surface area contributed by atoms with Crippen LogP contribution in [0.4, 0.5) is 0 Å². The molecule has 0 radical (unpaired) electrons. The zero-order chi connectivity index (χ0) is 15.0. The molecule has 0 aliphatic rings. The molecule has 1 rings (SSSR count). The third-order valence-electron chi connectivity index (χ3n) is 3.65. The maximum Gasteiger partial charge on any atom is 0.0904 e. The number of hydrogen-bond acceptors (Lipinski definition) is 3. The summed E-state index contributed by atoms with van der Waals surface area (Å²) in [7, 11) is -0.241. The predicted octanol–water partition coefficient (Wildman–Crippen LogP) is 2.53. The van der Waals surface area contributed by atoms with Gasteiger partial charge in [0.05, 0.1) is 33.7 Å². The minimum atomic E-state index is -1.86. The van der Waals surface area contributed by atoms with Crippen molar-refractivity contribution in [2.24, 2.45) is 0 Å². The van der Waals surface area contributed by atoms with E-state index in [-0.39, 0.29) is 5.54 Å². The maximum absolute atomic E-state index is 10.4. The van der Waals surface area contributed by atoms with Crippen molar-refractivity contribution in [3.8, 4) is 0 Å². The summed E-state index contributed by atoms with van der Waals surface area (Å²) in [5.41, 5.74) is 0.0522. The SMILES string of the molecule is CCO/C=C\[C@@H]([C@@H](O)COC)[Si](C)(C)c1ccccc1. The van der Waals surface area contributed by atoms with Crippen LogP contribution in [0.5, 0.6) is 0 Å². The van der Waals surface area contributed by atoms with E-state index >= 15 is 0 Å². The third-order valence-corrected chi connectivity index (χ3v) is 7.72. The Morgan fingerprint density at radius 2 is 1.90 bits per heavy atom. The molecule has 3 nitrogen and oxygen atoms in total. The van der Waals surface area contributed by atoms with Crippen LogP contribution in [-0.2, 0) is 9.47 Å². The molecular formula is C16H26O3Si. The van der Waals surface area contributed by atoms with Crippen LogP contribution in [0.3, 0.4) is 0 Å². The molecule has 1 aromatic carbocycles. The van der Waals surface area contributed by atoms with Gasteiger partial charge in [-0.15, -0.1) is 0 Å². The van der Waals surface area contributed by atoms with E-state index < -0.39 is 14.2 Å². The Hall–Kier alpha value is -1.10. The zero-order valence-electron chi connectivity index (χ0n) is 12.9. The molecule has 0 spiro atoms. The third kappa shape index (κ3) is 4.47. The van der Waals surface area contributed by atoms with Gasteiger partial charge in [0, 0.05) is 12.7 Å². The molecule has 0 saturated heterocycles. The van der Waals surface area contributed by atoms with Crippen LogP contribution in [-0.4, -0.2) is 39.6 Å². The summed E-state index contributed by atoms with van der Waals surface area (Å²) in [6, 6.07) is 10.4. The molecule has 0 saturated carbocycles. The highest BCUT2D eigenvalue weighted by Crippen LogP contribution is 2.27. The number of rotatable bonds is 8. The Morgan fingerprint density at radius 3 is 2.45 bits per heavy atom. The van der Waals surface area contributed by atoms with Crippen molar-refractivity contribution >= 4 is 13.3 Å². The van der Waals surface area contributed by atoms with Crippen molar-refractivity contribution in [3.05, 3.63) is 42.7 Å². The van der Waals surface area contributed by atoms with Crippen LogP contribution in [0.2, 0.25) is 18.6 Å². The second-order valence-corrected chi connectivity index (χ2v) is 10.1. The van der Waals surface area contributed by atoms with E-state index in [1.165, 1.54) is 5.19 Å². The van der Waals surface area contributed by atoms with Gasteiger partial charge in [-0.05, 0) is 13.0 Å². The molecule has 0 aromatic heterocycles. The summed E-state index contributed by atoms with van der Waals surface area (Å²) in [5, 5.41) is 11.7. The lowest BCUT2D eigenvalue weighted by Gasteiger charge is -2.34. The first-order valence-electron chi connectivity index (χ1n) is 7.04. The van der Waals surface area contributed by atoms with E-state index in [0.29, 0.717) is 13.2 Å².